The topological polar surface area (TPSA) is 82.0 Å². The molecule has 0 bridgehead atoms. The van der Waals surface area contributed by atoms with Crippen molar-refractivity contribution in [2.75, 3.05) is 7.05 Å². The molecule has 0 aliphatic rings. The first-order valence-electron chi connectivity index (χ1n) is 9.33. The minimum Gasteiger partial charge on any atom is -0.374 e. The van der Waals surface area contributed by atoms with Crippen LogP contribution in [-0.4, -0.2) is 24.3 Å². The Morgan fingerprint density at radius 1 is 1.18 bits per heavy atom. The molecule has 0 aromatic heterocycles. The van der Waals surface area contributed by atoms with Crippen molar-refractivity contribution in [2.24, 2.45) is 0 Å². The normalized spacial score (nSPS) is 13.9. The van der Waals surface area contributed by atoms with E-state index in [9.17, 15) is 9.59 Å². The molecule has 0 rings (SSSR count). The number of carbonyl (C=O) groups is 2. The summed E-state index contributed by atoms with van der Waals surface area (Å²) in [6, 6.07) is 0. The summed E-state index contributed by atoms with van der Waals surface area (Å²) in [6.45, 7) is 12.3. The molecule has 0 spiro atoms. The predicted octanol–water partition coefficient (Wildman–Crippen LogP) is 4.52. The highest BCUT2D eigenvalue weighted by Gasteiger charge is 2.14. The Kier molecular flexibility index (Phi) is 11.9. The SMILES string of the molecule is C=C/C=C\C(=C/C)N/C(NC)=C(/C)C(=N)C(/C=C(/CC(C)=O)C(C)=O)=C/CC. The highest BCUT2D eigenvalue weighted by molar-refractivity contribution is 6.13. The number of nitrogens with one attached hydrogen (secondary N) is 3. The Labute approximate surface area is 169 Å². The van der Waals surface area contributed by atoms with E-state index in [-0.39, 0.29) is 23.7 Å². The Balaban J connectivity index is 6.03. The number of rotatable bonds is 12. The molecular formula is C23H33N3O2. The maximum atomic E-state index is 11.9. The average Bonchev–Trinajstić information content (AvgIpc) is 2.65. The van der Waals surface area contributed by atoms with Gasteiger partial charge in [0.1, 0.15) is 11.6 Å². The number of allylic oxidation sites excluding steroid dienone is 9. The molecule has 0 aromatic rings. The fourth-order valence-electron chi connectivity index (χ4n) is 2.40. The van der Waals surface area contributed by atoms with Gasteiger partial charge < -0.3 is 10.6 Å². The molecule has 3 N–H and O–H groups in total. The smallest absolute Gasteiger partial charge is 0.156 e. The van der Waals surface area contributed by atoms with Crippen LogP contribution in [0.4, 0.5) is 0 Å². The summed E-state index contributed by atoms with van der Waals surface area (Å²) in [7, 11) is 1.78. The lowest BCUT2D eigenvalue weighted by Crippen LogP contribution is -2.26. The zero-order chi connectivity index (χ0) is 21.7. The van der Waals surface area contributed by atoms with Crippen LogP contribution >= 0.6 is 0 Å². The molecular weight excluding hydrogens is 350 g/mol. The van der Waals surface area contributed by atoms with Gasteiger partial charge >= 0.3 is 0 Å². The number of ketones is 2. The molecule has 0 radical (unpaired) electrons. The zero-order valence-electron chi connectivity index (χ0n) is 17.9. The Morgan fingerprint density at radius 2 is 1.82 bits per heavy atom. The van der Waals surface area contributed by atoms with E-state index in [0.717, 1.165) is 5.70 Å². The third-order valence-electron chi connectivity index (χ3n) is 3.93. The van der Waals surface area contributed by atoms with Crippen LogP contribution in [0.15, 0.2) is 71.3 Å². The van der Waals surface area contributed by atoms with E-state index in [1.807, 2.05) is 45.1 Å². The van der Waals surface area contributed by atoms with Gasteiger partial charge in [0.15, 0.2) is 5.78 Å². The van der Waals surface area contributed by atoms with E-state index >= 15 is 0 Å². The van der Waals surface area contributed by atoms with Crippen molar-refractivity contribution in [3.05, 3.63) is 71.3 Å². The summed E-state index contributed by atoms with van der Waals surface area (Å²) in [6.07, 6.45) is 11.6. The van der Waals surface area contributed by atoms with Crippen molar-refractivity contribution in [3.8, 4) is 0 Å². The summed E-state index contributed by atoms with van der Waals surface area (Å²) in [4.78, 5) is 23.4. The van der Waals surface area contributed by atoms with Gasteiger partial charge in [-0.05, 0) is 51.8 Å². The van der Waals surface area contributed by atoms with E-state index in [2.05, 4.69) is 17.2 Å². The maximum absolute atomic E-state index is 11.9. The van der Waals surface area contributed by atoms with Crippen molar-refractivity contribution < 1.29 is 9.59 Å². The molecule has 0 unspecified atom stereocenters. The quantitative estimate of drug-likeness (QED) is 0.263. The van der Waals surface area contributed by atoms with Crippen LogP contribution in [0.3, 0.4) is 0 Å². The predicted molar refractivity (Wildman–Crippen MR) is 118 cm³/mol. The number of hydrogen-bond donors (Lipinski definition) is 3. The van der Waals surface area contributed by atoms with Crippen molar-refractivity contribution in [3.63, 3.8) is 0 Å². The van der Waals surface area contributed by atoms with Crippen molar-refractivity contribution in [1.82, 2.24) is 10.6 Å². The molecule has 0 atom stereocenters. The van der Waals surface area contributed by atoms with E-state index in [1.54, 1.807) is 19.2 Å². The van der Waals surface area contributed by atoms with Crippen molar-refractivity contribution >= 4 is 17.3 Å². The summed E-state index contributed by atoms with van der Waals surface area (Å²) in [5.41, 5.74) is 2.85. The second-order valence-corrected chi connectivity index (χ2v) is 6.26. The first-order valence-corrected chi connectivity index (χ1v) is 9.33. The van der Waals surface area contributed by atoms with Gasteiger partial charge in [-0.15, -0.1) is 0 Å². The average molecular weight is 384 g/mol. The second-order valence-electron chi connectivity index (χ2n) is 6.26. The molecule has 0 amide bonds. The molecule has 0 saturated carbocycles. The van der Waals surface area contributed by atoms with Gasteiger partial charge in [-0.3, -0.25) is 15.0 Å². The number of carbonyl (C=O) groups excluding carboxylic acids is 2. The van der Waals surface area contributed by atoms with Crippen LogP contribution in [0.25, 0.3) is 0 Å². The first-order chi connectivity index (χ1) is 13.2. The Hall–Kier alpha value is -2.95. The van der Waals surface area contributed by atoms with Gasteiger partial charge in [0, 0.05) is 30.3 Å². The van der Waals surface area contributed by atoms with Crippen LogP contribution in [0, 0.1) is 5.41 Å². The van der Waals surface area contributed by atoms with Gasteiger partial charge in [0.2, 0.25) is 0 Å². The van der Waals surface area contributed by atoms with Gasteiger partial charge in [-0.25, -0.2) is 0 Å². The molecule has 5 nitrogen and oxygen atoms in total. The number of hydrogen-bond acceptors (Lipinski definition) is 5. The molecule has 0 heterocycles. The van der Waals surface area contributed by atoms with Gasteiger partial charge in [0.05, 0.1) is 5.71 Å². The van der Waals surface area contributed by atoms with Crippen LogP contribution < -0.4 is 10.6 Å². The lowest BCUT2D eigenvalue weighted by molar-refractivity contribution is -0.119. The summed E-state index contributed by atoms with van der Waals surface area (Å²) < 4.78 is 0. The fraction of sp³-hybridized carbons (Fsp3) is 0.348. The minimum atomic E-state index is -0.163. The summed E-state index contributed by atoms with van der Waals surface area (Å²) in [5.74, 6) is 0.433. The standard InChI is InChI=1S/C23H33N3O2/c1-8-11-13-21(10-3)26-23(25-7)17(5)22(24)19(12-9-2)15-20(18(6)28)14-16(4)27/h8,10-13,15,24-26H,1,9,14H2,2-7H3/b13-11-,19-12+,20-15-,21-10+,23-17-,24-22?. The molecule has 0 saturated heterocycles. The van der Waals surface area contributed by atoms with E-state index in [1.165, 1.54) is 13.8 Å². The third kappa shape index (κ3) is 8.62. The van der Waals surface area contributed by atoms with Crippen molar-refractivity contribution in [2.45, 2.75) is 47.5 Å². The monoisotopic (exact) mass is 383 g/mol. The molecule has 0 fully saturated rings. The number of Topliss-reactive ketones (excluding diaryl/α,β-unsaturated/α-hetero) is 2. The molecule has 0 aliphatic heterocycles. The van der Waals surface area contributed by atoms with E-state index < -0.39 is 0 Å². The second kappa shape index (κ2) is 13.3. The molecule has 0 aliphatic carbocycles. The van der Waals surface area contributed by atoms with Gasteiger partial charge in [0.25, 0.3) is 0 Å². The van der Waals surface area contributed by atoms with Gasteiger partial charge in [-0.1, -0.05) is 37.8 Å². The first kappa shape index (κ1) is 25.1. The van der Waals surface area contributed by atoms with E-state index in [4.69, 9.17) is 5.41 Å². The van der Waals surface area contributed by atoms with Crippen molar-refractivity contribution in [1.29, 1.82) is 5.41 Å². The molecule has 0 aromatic carbocycles. The Bertz CT molecular complexity index is 763. The molecule has 5 heteroatoms. The van der Waals surface area contributed by atoms with E-state index in [0.29, 0.717) is 29.0 Å². The highest BCUT2D eigenvalue weighted by atomic mass is 16.1. The van der Waals surface area contributed by atoms with Gasteiger partial charge in [-0.2, -0.15) is 0 Å². The lowest BCUT2D eigenvalue weighted by atomic mass is 9.96. The zero-order valence-corrected chi connectivity index (χ0v) is 17.9. The van der Waals surface area contributed by atoms with Crippen LogP contribution in [0.1, 0.15) is 47.5 Å². The molecule has 28 heavy (non-hydrogen) atoms. The molecule has 152 valence electrons. The van der Waals surface area contributed by atoms with Crippen LogP contribution in [-0.2, 0) is 9.59 Å². The highest BCUT2D eigenvalue weighted by Crippen LogP contribution is 2.16. The van der Waals surface area contributed by atoms with Crippen LogP contribution in [0.5, 0.6) is 0 Å². The largest absolute Gasteiger partial charge is 0.374 e. The Morgan fingerprint density at radius 3 is 2.25 bits per heavy atom. The fourth-order valence-corrected chi connectivity index (χ4v) is 2.40. The summed E-state index contributed by atoms with van der Waals surface area (Å²) in [5, 5.41) is 15.0. The minimum absolute atomic E-state index is 0.0681. The maximum Gasteiger partial charge on any atom is 0.156 e. The lowest BCUT2D eigenvalue weighted by Gasteiger charge is -2.17. The van der Waals surface area contributed by atoms with Crippen LogP contribution in [0.2, 0.25) is 0 Å². The third-order valence-corrected chi connectivity index (χ3v) is 3.93. The summed E-state index contributed by atoms with van der Waals surface area (Å²) >= 11 is 0.